The van der Waals surface area contributed by atoms with Crippen molar-refractivity contribution >= 4 is 23.0 Å². The van der Waals surface area contributed by atoms with Crippen molar-refractivity contribution in [1.82, 2.24) is 0 Å². The van der Waals surface area contributed by atoms with Gasteiger partial charge in [-0.1, -0.05) is 6.07 Å². The van der Waals surface area contributed by atoms with Gasteiger partial charge in [-0.15, -0.1) is 0 Å². The lowest BCUT2D eigenvalue weighted by Gasteiger charge is -2.09. The highest BCUT2D eigenvalue weighted by molar-refractivity contribution is 6.05. The normalized spacial score (nSPS) is 10.2. The van der Waals surface area contributed by atoms with Gasteiger partial charge in [-0.2, -0.15) is 0 Å². The van der Waals surface area contributed by atoms with Crippen LogP contribution < -0.4 is 11.1 Å². The van der Waals surface area contributed by atoms with Crippen molar-refractivity contribution in [3.8, 4) is 0 Å². The van der Waals surface area contributed by atoms with Gasteiger partial charge in [-0.05, 0) is 31.2 Å². The van der Waals surface area contributed by atoms with Crippen LogP contribution in [0.25, 0.3) is 0 Å². The number of hydrogen-bond donors (Lipinski definition) is 2. The third-order valence-electron chi connectivity index (χ3n) is 2.99. The van der Waals surface area contributed by atoms with Crippen LogP contribution in [0.15, 0.2) is 36.4 Å². The molecule has 0 unspecified atom stereocenters. The summed E-state index contributed by atoms with van der Waals surface area (Å²) in [5, 5.41) is 13.3. The highest BCUT2D eigenvalue weighted by Gasteiger charge is 2.17. The second-order valence-electron chi connectivity index (χ2n) is 4.40. The smallest absolute Gasteiger partial charge is 0.274 e. The van der Waals surface area contributed by atoms with Gasteiger partial charge in [0, 0.05) is 11.8 Å². The Hall–Kier alpha value is -2.96. The van der Waals surface area contributed by atoms with E-state index in [-0.39, 0.29) is 22.6 Å². The standard InChI is InChI=1S/C14H12FN3O3/c1-8-12(3-2-4-13(8)18(20)21)17-14(19)10-6-5-9(16)7-11(10)15/h2-7H,16H2,1H3,(H,17,19). The zero-order valence-electron chi connectivity index (χ0n) is 11.1. The first-order valence-corrected chi connectivity index (χ1v) is 6.00. The van der Waals surface area contributed by atoms with E-state index in [1.807, 2.05) is 0 Å². The molecule has 7 heteroatoms. The number of nitrogens with two attached hydrogens (primary N) is 1. The molecule has 0 bridgehead atoms. The summed E-state index contributed by atoms with van der Waals surface area (Å²) in [5.74, 6) is -1.45. The second-order valence-corrected chi connectivity index (χ2v) is 4.40. The molecule has 0 fully saturated rings. The number of carbonyl (C=O) groups is 1. The van der Waals surface area contributed by atoms with Crippen molar-refractivity contribution < 1.29 is 14.1 Å². The van der Waals surface area contributed by atoms with Crippen LogP contribution in [0.4, 0.5) is 21.5 Å². The quantitative estimate of drug-likeness (QED) is 0.515. The third-order valence-corrected chi connectivity index (χ3v) is 2.99. The van der Waals surface area contributed by atoms with Crippen molar-refractivity contribution in [2.24, 2.45) is 0 Å². The van der Waals surface area contributed by atoms with Gasteiger partial charge < -0.3 is 11.1 Å². The molecule has 1 amide bonds. The van der Waals surface area contributed by atoms with Crippen molar-refractivity contribution in [3.63, 3.8) is 0 Å². The molecule has 0 aliphatic rings. The number of rotatable bonds is 3. The minimum atomic E-state index is -0.754. The summed E-state index contributed by atoms with van der Waals surface area (Å²) in [6, 6.07) is 7.98. The Morgan fingerprint density at radius 3 is 2.67 bits per heavy atom. The molecular weight excluding hydrogens is 277 g/mol. The molecule has 0 atom stereocenters. The maximum absolute atomic E-state index is 13.7. The molecule has 0 spiro atoms. The second kappa shape index (κ2) is 5.58. The number of nitrogen functional groups attached to an aromatic ring is 1. The summed E-state index contributed by atoms with van der Waals surface area (Å²) in [5.41, 5.74) is 5.86. The molecule has 6 nitrogen and oxygen atoms in total. The van der Waals surface area contributed by atoms with Crippen LogP contribution in [0.5, 0.6) is 0 Å². The van der Waals surface area contributed by atoms with Gasteiger partial charge in [0.25, 0.3) is 11.6 Å². The van der Waals surface area contributed by atoms with Gasteiger partial charge in [-0.3, -0.25) is 14.9 Å². The zero-order valence-corrected chi connectivity index (χ0v) is 11.1. The Balaban J connectivity index is 2.32. The van der Waals surface area contributed by atoms with E-state index < -0.39 is 16.6 Å². The number of nitro groups is 1. The predicted octanol–water partition coefficient (Wildman–Crippen LogP) is 2.88. The lowest BCUT2D eigenvalue weighted by atomic mass is 10.1. The SMILES string of the molecule is Cc1c(NC(=O)c2ccc(N)cc2F)cccc1[N+](=O)[O-]. The van der Waals surface area contributed by atoms with Crippen LogP contribution in [0, 0.1) is 22.9 Å². The molecular formula is C14H12FN3O3. The first kappa shape index (κ1) is 14.4. The summed E-state index contributed by atoms with van der Waals surface area (Å²) >= 11 is 0. The molecule has 2 rings (SSSR count). The highest BCUT2D eigenvalue weighted by Crippen LogP contribution is 2.25. The monoisotopic (exact) mass is 289 g/mol. The minimum Gasteiger partial charge on any atom is -0.399 e. The van der Waals surface area contributed by atoms with Crippen molar-refractivity contribution in [2.45, 2.75) is 6.92 Å². The van der Waals surface area contributed by atoms with Crippen molar-refractivity contribution in [2.75, 3.05) is 11.1 Å². The number of hydrogen-bond acceptors (Lipinski definition) is 4. The van der Waals surface area contributed by atoms with Crippen LogP contribution in [-0.4, -0.2) is 10.8 Å². The Labute approximate surface area is 119 Å². The van der Waals surface area contributed by atoms with E-state index in [1.165, 1.54) is 37.3 Å². The highest BCUT2D eigenvalue weighted by atomic mass is 19.1. The van der Waals surface area contributed by atoms with E-state index in [4.69, 9.17) is 5.73 Å². The summed E-state index contributed by atoms with van der Waals surface area (Å²) < 4.78 is 13.7. The molecule has 21 heavy (non-hydrogen) atoms. The van der Waals surface area contributed by atoms with Crippen LogP contribution >= 0.6 is 0 Å². The summed E-state index contributed by atoms with van der Waals surface area (Å²) in [6.45, 7) is 1.51. The molecule has 0 heterocycles. The largest absolute Gasteiger partial charge is 0.399 e. The van der Waals surface area contributed by atoms with Crippen LogP contribution in [0.1, 0.15) is 15.9 Å². The molecule has 0 aliphatic carbocycles. The van der Waals surface area contributed by atoms with Gasteiger partial charge in [-0.25, -0.2) is 4.39 Å². The molecule has 0 aromatic heterocycles. The Bertz CT molecular complexity index is 731. The van der Waals surface area contributed by atoms with Gasteiger partial charge in [0.05, 0.1) is 21.7 Å². The molecule has 3 N–H and O–H groups in total. The topological polar surface area (TPSA) is 98.3 Å². The van der Waals surface area contributed by atoms with E-state index in [2.05, 4.69) is 5.32 Å². The van der Waals surface area contributed by atoms with Crippen LogP contribution in [0.2, 0.25) is 0 Å². The van der Waals surface area contributed by atoms with Gasteiger partial charge in [0.15, 0.2) is 0 Å². The van der Waals surface area contributed by atoms with Crippen molar-refractivity contribution in [3.05, 3.63) is 63.5 Å². The number of nitrogens with zero attached hydrogens (tertiary/aromatic N) is 1. The average molecular weight is 289 g/mol. The zero-order chi connectivity index (χ0) is 15.6. The maximum atomic E-state index is 13.7. The predicted molar refractivity (Wildman–Crippen MR) is 76.6 cm³/mol. The number of amides is 1. The van der Waals surface area contributed by atoms with E-state index in [1.54, 1.807) is 0 Å². The van der Waals surface area contributed by atoms with Crippen LogP contribution in [-0.2, 0) is 0 Å². The summed E-state index contributed by atoms with van der Waals surface area (Å²) in [4.78, 5) is 22.3. The Morgan fingerprint density at radius 1 is 1.33 bits per heavy atom. The fraction of sp³-hybridized carbons (Fsp3) is 0.0714. The van der Waals surface area contributed by atoms with Crippen LogP contribution in [0.3, 0.4) is 0 Å². The Morgan fingerprint density at radius 2 is 2.05 bits per heavy atom. The van der Waals surface area contributed by atoms with Gasteiger partial charge in [0.1, 0.15) is 5.82 Å². The van der Waals surface area contributed by atoms with E-state index in [9.17, 15) is 19.3 Å². The van der Waals surface area contributed by atoms with E-state index in [0.29, 0.717) is 5.56 Å². The average Bonchev–Trinajstić information content (AvgIpc) is 2.40. The van der Waals surface area contributed by atoms with Gasteiger partial charge >= 0.3 is 0 Å². The number of nitrogens with one attached hydrogen (secondary N) is 1. The van der Waals surface area contributed by atoms with E-state index in [0.717, 1.165) is 6.07 Å². The first-order valence-electron chi connectivity index (χ1n) is 6.00. The Kier molecular flexibility index (Phi) is 3.84. The molecule has 108 valence electrons. The maximum Gasteiger partial charge on any atom is 0.274 e. The first-order chi connectivity index (χ1) is 9.90. The van der Waals surface area contributed by atoms with Gasteiger partial charge in [0.2, 0.25) is 0 Å². The minimum absolute atomic E-state index is 0.120. The fourth-order valence-corrected chi connectivity index (χ4v) is 1.86. The third kappa shape index (κ3) is 2.97. The molecule has 0 saturated heterocycles. The molecule has 0 saturated carbocycles. The molecule has 2 aromatic carbocycles. The molecule has 2 aromatic rings. The lowest BCUT2D eigenvalue weighted by Crippen LogP contribution is -2.15. The number of carbonyl (C=O) groups excluding carboxylic acids is 1. The number of halogens is 1. The van der Waals surface area contributed by atoms with E-state index >= 15 is 0 Å². The van der Waals surface area contributed by atoms with Crippen molar-refractivity contribution in [1.29, 1.82) is 0 Å². The number of nitro benzene ring substituents is 1. The molecule has 0 radical (unpaired) electrons. The number of anilines is 2. The summed E-state index contributed by atoms with van der Waals surface area (Å²) in [7, 11) is 0. The summed E-state index contributed by atoms with van der Waals surface area (Å²) in [6.07, 6.45) is 0. The number of benzene rings is 2. The molecule has 0 aliphatic heterocycles. The fourth-order valence-electron chi connectivity index (χ4n) is 1.86. The lowest BCUT2D eigenvalue weighted by molar-refractivity contribution is -0.385.